The van der Waals surface area contributed by atoms with Gasteiger partial charge in [-0.2, -0.15) is 9.97 Å². The monoisotopic (exact) mass is 1960 g/mol. The largest absolute Gasteiger partial charge is 0.472 e. The Morgan fingerprint density at radius 3 is 0.868 bits per heavy atom. The van der Waals surface area contributed by atoms with Gasteiger partial charge in [-0.15, -0.1) is 0 Å². The number of hydrogen-bond acceptors (Lipinski definition) is 49. The predicted molar refractivity (Wildman–Crippen MR) is 417 cm³/mol. The zero-order chi connectivity index (χ0) is 91.9. The maximum atomic E-state index is 14.6. The molecule has 0 saturated carbocycles. The Kier molecular flexibility index (Phi) is 26.5. The molecule has 0 radical (unpaired) electrons. The van der Waals surface area contributed by atoms with Gasteiger partial charge in [0.25, 0.3) is 0 Å². The molecule has 5 unspecified atom stereocenters. The first-order chi connectivity index (χ1) is 60.9. The second-order valence-electron chi connectivity index (χ2n) is 28.8. The number of nitrogen functional groups attached to an aromatic ring is 6. The lowest BCUT2D eigenvalue weighted by atomic mass is 10.1. The number of aromatic nitrogens is 20. The van der Waals surface area contributed by atoms with Crippen molar-refractivity contribution >= 4 is 134 Å². The second-order valence-corrected chi connectivity index (χ2v) is 38.3. The number of imidazole rings is 4. The number of aliphatic hydroxyl groups is 2. The SMILES string of the molecule is Nc1ccn([C@@H]2O[C@H](COP(=O)(O)O[C@H]3[C@@H](O)[C@H](n4ccc(N)nc4=O)O[C@@H]3COP(=O)(O)O[C@H]3C[C@H](n4cnc5c(N)ncnc54)O[C@@H]3COP(=O)(O)O[C@H]3C[C@H](n4cnc5c(N)ncnc54)O[C@@H]3COP(=O)(O)O[C@H]3C[C@H](n4cnc5c(N)ncnc54)O[C@@H]3COP(=O)(O)O[C@H]3C[C@H](n4cnc5c(N)ncnc54)O[C@@H]3COP(=O)(O)O)[C@@H](OP(=O)(O)O)[C@H]2O)c(=O)n1. The van der Waals surface area contributed by atoms with Crippen LogP contribution in [0, 0.1) is 0 Å². The van der Waals surface area contributed by atoms with Gasteiger partial charge in [-0.3, -0.25) is 81.7 Å². The number of aliphatic hydroxyl groups excluding tert-OH is 2. The molecule has 6 fully saturated rings. The third kappa shape index (κ3) is 21.0. The second kappa shape index (κ2) is 36.6. The van der Waals surface area contributed by atoms with Crippen LogP contribution in [0.4, 0.5) is 34.9 Å². The van der Waals surface area contributed by atoms with Gasteiger partial charge in [0.05, 0.1) is 65.0 Å². The van der Waals surface area contributed by atoms with Gasteiger partial charge in [-0.05, 0) is 12.1 Å². The van der Waals surface area contributed by atoms with Crippen LogP contribution < -0.4 is 45.8 Å². The van der Waals surface area contributed by atoms with E-state index in [-0.39, 0.29) is 86.0 Å². The smallest absolute Gasteiger partial charge is 0.386 e. The minimum absolute atomic E-state index is 0.00781. The van der Waals surface area contributed by atoms with Crippen LogP contribution in [0.3, 0.4) is 0 Å². The lowest BCUT2D eigenvalue weighted by molar-refractivity contribution is -0.0656. The third-order valence-electron chi connectivity index (χ3n) is 20.4. The number of nitrogens with two attached hydrogens (primary N) is 6. The molecule has 16 rings (SSSR count). The normalized spacial score (nSPS) is 29.9. The summed E-state index contributed by atoms with van der Waals surface area (Å²) in [6, 6.07) is 2.15. The summed E-state index contributed by atoms with van der Waals surface area (Å²) >= 11 is 0. The number of hydrogen-bond donors (Lipinski definition) is 17. The molecule has 25 atom stereocenters. The molecule has 0 aliphatic carbocycles. The van der Waals surface area contributed by atoms with Crippen LogP contribution in [0.5, 0.6) is 0 Å². The van der Waals surface area contributed by atoms with Gasteiger partial charge < -0.3 is 117 Å². The Hall–Kier alpha value is -8.79. The molecule has 0 bridgehead atoms. The molecule has 0 aromatic carbocycles. The van der Waals surface area contributed by atoms with Crippen molar-refractivity contribution in [2.45, 2.75) is 149 Å². The minimum atomic E-state index is -5.78. The average molecular weight is 1960 g/mol. The topological polar surface area (TPSA) is 908 Å². The molecule has 6 saturated heterocycles. The molecule has 129 heavy (non-hydrogen) atoms. The molecule has 6 aliphatic rings. The molecule has 71 heteroatoms. The number of ether oxygens (including phenoxy) is 6. The Morgan fingerprint density at radius 2 is 0.597 bits per heavy atom. The van der Waals surface area contributed by atoms with E-state index in [1.54, 1.807) is 0 Å². The van der Waals surface area contributed by atoms with E-state index in [0.29, 0.717) is 9.13 Å². The lowest BCUT2D eigenvalue weighted by Crippen LogP contribution is -2.38. The van der Waals surface area contributed by atoms with Crippen LogP contribution in [0.25, 0.3) is 44.7 Å². The lowest BCUT2D eigenvalue weighted by Gasteiger charge is -2.26. The number of nitrogens with zero attached hydrogens (tertiary/aromatic N) is 20. The van der Waals surface area contributed by atoms with E-state index in [4.69, 9.17) is 117 Å². The summed E-state index contributed by atoms with van der Waals surface area (Å²) in [7, 11) is -39.0. The van der Waals surface area contributed by atoms with Crippen molar-refractivity contribution < 1.29 is 169 Å². The van der Waals surface area contributed by atoms with E-state index in [9.17, 15) is 95.8 Å². The molecule has 0 amide bonds. The van der Waals surface area contributed by atoms with E-state index in [2.05, 4.69) is 69.8 Å². The fraction of sp³-hybridized carbons (Fsp3) is 0.517. The van der Waals surface area contributed by atoms with E-state index >= 15 is 0 Å². The van der Waals surface area contributed by atoms with Crippen LogP contribution in [-0.4, -0.2) is 277 Å². The Labute approximate surface area is 716 Å². The molecule has 0 spiro atoms. The minimum Gasteiger partial charge on any atom is -0.386 e. The van der Waals surface area contributed by atoms with Crippen LogP contribution in [0.2, 0.25) is 0 Å². The predicted octanol–water partition coefficient (Wildman–Crippen LogP) is -2.88. The highest BCUT2D eigenvalue weighted by atomic mass is 31.2. The van der Waals surface area contributed by atoms with Crippen molar-refractivity contribution in [3.8, 4) is 0 Å². The summed E-state index contributed by atoms with van der Waals surface area (Å²) in [4.78, 5) is 179. The maximum Gasteiger partial charge on any atom is 0.472 e. The fourth-order valence-corrected chi connectivity index (χ4v) is 20.4. The number of phosphoric ester groups is 7. The van der Waals surface area contributed by atoms with E-state index in [1.807, 2.05) is 0 Å². The van der Waals surface area contributed by atoms with Crippen molar-refractivity contribution in [1.29, 1.82) is 0 Å². The van der Waals surface area contributed by atoms with Crippen LogP contribution in [0.1, 0.15) is 63.1 Å². The highest BCUT2D eigenvalue weighted by Crippen LogP contribution is 2.58. The number of phosphoric acid groups is 7. The zero-order valence-electron chi connectivity index (χ0n) is 65.0. The summed E-state index contributed by atoms with van der Waals surface area (Å²) in [6.45, 7) is -6.75. The molecular formula is C58H75N26O38P7. The molecule has 6 aliphatic heterocycles. The number of anilines is 6. The molecule has 10 aromatic rings. The average Bonchev–Trinajstić information content (AvgIpc) is 1.66. The quantitative estimate of drug-likeness (QED) is 0.0175. The molecule has 10 aromatic heterocycles. The van der Waals surface area contributed by atoms with Gasteiger partial charge in [0, 0.05) is 38.1 Å². The van der Waals surface area contributed by atoms with Gasteiger partial charge >= 0.3 is 66.1 Å². The van der Waals surface area contributed by atoms with E-state index in [1.165, 1.54) is 43.6 Å². The highest BCUT2D eigenvalue weighted by Gasteiger charge is 2.55. The van der Waals surface area contributed by atoms with Crippen molar-refractivity contribution in [3.05, 3.63) is 96.1 Å². The molecule has 64 nitrogen and oxygen atoms in total. The van der Waals surface area contributed by atoms with Gasteiger partial charge in [-0.25, -0.2) is 101 Å². The summed E-state index contributed by atoms with van der Waals surface area (Å²) in [5, 5.41) is 22.9. The summed E-state index contributed by atoms with van der Waals surface area (Å²) < 4.78 is 203. The maximum absolute atomic E-state index is 14.6. The van der Waals surface area contributed by atoms with Crippen LogP contribution in [-0.2, 0) is 115 Å². The molecule has 23 N–H and O–H groups in total. The van der Waals surface area contributed by atoms with Crippen LogP contribution >= 0.6 is 54.8 Å². The first-order valence-corrected chi connectivity index (χ1v) is 47.8. The molecule has 16 heterocycles. The summed E-state index contributed by atoms with van der Waals surface area (Å²) in [6.07, 6.45) is -26.1. The molecule has 700 valence electrons. The Balaban J connectivity index is 0.617. The Bertz CT molecular complexity index is 6330. The number of fused-ring (bicyclic) bond motifs is 4. The standard InChI is InChI=1S/C58H75N26O38P7/c59-33-1-3-79(57(87)77-33)55-43(85)45(121-124(92,93)94)31(115-55)13-110-129(103,104)122-46-32(116-56(44(46)86)80-4-2-34(60)78-58(80)88)14-109-128(101,102)120-26-8-38(84-22-76-42-50(64)68-18-72-54(42)84)114-30(26)12-108-127(99,100)119-25-7-37(83-21-75-41-49(63)67-17-71-53(41)83)113-29(25)11-107-126(97,98)118-24-6-36(82-20-74-40-48(62)66-16-70-52(40)82)112-28(24)10-106-125(95,96)117-23-5-35(111-27(23)9-105-123(89,90)91)81-19-73-39-47(61)65-15-69-51(39)81/h1-4,15-32,35-38,43-46,55-56,85-86H,5-14H2,(H,95,96)(H,97,98)(H,99,100)(H,101,102)(H,103,104)(H2,59,77,87)(H2,60,78,88)(H2,61,65,69)(H2,62,66,70)(H2,63,67,71)(H2,64,68,72)(H2,89,90,91)(H2,92,93,94)/t23-,24-,25-,26-,27+,28+,29+,30+,31+,32+,35+,36+,37+,38+,43+,44+,45+,46+,55+,56+/m0/s1. The zero-order valence-corrected chi connectivity index (χ0v) is 71.3. The summed E-state index contributed by atoms with van der Waals surface area (Å²) in [5.41, 5.74) is 33.7. The fourth-order valence-electron chi connectivity index (χ4n) is 14.7. The Morgan fingerprint density at radius 1 is 0.333 bits per heavy atom. The van der Waals surface area contributed by atoms with E-state index in [0.717, 1.165) is 49.8 Å². The van der Waals surface area contributed by atoms with Crippen molar-refractivity contribution in [2.75, 3.05) is 74.0 Å². The third-order valence-corrected chi connectivity index (χ3v) is 26.4. The van der Waals surface area contributed by atoms with Crippen molar-refractivity contribution in [1.82, 2.24) is 97.2 Å². The van der Waals surface area contributed by atoms with Gasteiger partial charge in [0.1, 0.15) is 169 Å². The van der Waals surface area contributed by atoms with Gasteiger partial charge in [-0.1, -0.05) is 0 Å². The summed E-state index contributed by atoms with van der Waals surface area (Å²) in [5.74, 6) is -0.932. The van der Waals surface area contributed by atoms with E-state index < -0.39 is 248 Å². The highest BCUT2D eigenvalue weighted by molar-refractivity contribution is 7.48. The first kappa shape index (κ1) is 93.4. The van der Waals surface area contributed by atoms with Gasteiger partial charge in [0.15, 0.2) is 58.3 Å². The molecular weight excluding hydrogens is 1890 g/mol. The van der Waals surface area contributed by atoms with Gasteiger partial charge in [0.2, 0.25) is 0 Å². The number of rotatable bonds is 36. The van der Waals surface area contributed by atoms with Crippen molar-refractivity contribution in [2.24, 2.45) is 0 Å². The van der Waals surface area contributed by atoms with Crippen molar-refractivity contribution in [3.63, 3.8) is 0 Å². The first-order valence-electron chi connectivity index (χ1n) is 37.3. The van der Waals surface area contributed by atoms with Crippen LogP contribution in [0.15, 0.2) is 84.7 Å².